The van der Waals surface area contributed by atoms with E-state index in [0.29, 0.717) is 17.3 Å². The summed E-state index contributed by atoms with van der Waals surface area (Å²) in [5, 5.41) is 11.1. The first-order valence-electron chi connectivity index (χ1n) is 6.54. The molecule has 0 unspecified atom stereocenters. The first-order chi connectivity index (χ1) is 10.1. The van der Waals surface area contributed by atoms with Gasteiger partial charge in [-0.15, -0.1) is 10.2 Å². The van der Waals surface area contributed by atoms with E-state index in [1.165, 1.54) is 23.1 Å². The number of aryl methyl sites for hydroxylation is 1. The van der Waals surface area contributed by atoms with Crippen LogP contribution in [0.4, 0.5) is 5.13 Å². The van der Waals surface area contributed by atoms with Crippen molar-refractivity contribution >= 4 is 34.1 Å². The van der Waals surface area contributed by atoms with Gasteiger partial charge in [0.05, 0.1) is 0 Å². The van der Waals surface area contributed by atoms with E-state index in [-0.39, 0.29) is 5.91 Å². The van der Waals surface area contributed by atoms with E-state index in [9.17, 15) is 4.79 Å². The van der Waals surface area contributed by atoms with Crippen LogP contribution in [-0.2, 0) is 4.79 Å². The Kier molecular flexibility index (Phi) is 5.58. The minimum atomic E-state index is -0.548. The van der Waals surface area contributed by atoms with Crippen molar-refractivity contribution in [2.75, 3.05) is 11.6 Å². The molecule has 1 heterocycles. The number of rotatable bonds is 6. The van der Waals surface area contributed by atoms with Crippen molar-refractivity contribution in [1.82, 2.24) is 10.2 Å². The summed E-state index contributed by atoms with van der Waals surface area (Å²) in [5.41, 5.74) is 1.09. The highest BCUT2D eigenvalue weighted by Gasteiger charge is 2.20. The van der Waals surface area contributed by atoms with E-state index in [1.54, 1.807) is 0 Å². The van der Waals surface area contributed by atoms with Crippen molar-refractivity contribution in [1.29, 1.82) is 0 Å². The number of thioether (sulfide) groups is 1. The van der Waals surface area contributed by atoms with Gasteiger partial charge < -0.3 is 4.74 Å². The number of amides is 1. The van der Waals surface area contributed by atoms with Crippen LogP contribution in [0.2, 0.25) is 0 Å². The van der Waals surface area contributed by atoms with Gasteiger partial charge in [-0.25, -0.2) is 0 Å². The molecule has 0 radical (unpaired) electrons. The Morgan fingerprint density at radius 1 is 1.48 bits per heavy atom. The van der Waals surface area contributed by atoms with Crippen LogP contribution in [0.15, 0.2) is 28.6 Å². The first kappa shape index (κ1) is 15.8. The van der Waals surface area contributed by atoms with Crippen molar-refractivity contribution in [3.05, 3.63) is 29.8 Å². The fourth-order valence-corrected chi connectivity index (χ4v) is 2.88. The molecule has 1 amide bonds. The number of anilines is 1. The summed E-state index contributed by atoms with van der Waals surface area (Å²) in [6, 6.07) is 7.65. The Labute approximate surface area is 132 Å². The van der Waals surface area contributed by atoms with Crippen LogP contribution in [0.25, 0.3) is 0 Å². The second-order valence-electron chi connectivity index (χ2n) is 4.40. The third-order valence-corrected chi connectivity index (χ3v) is 4.56. The standard InChI is InChI=1S/C14H17N3O2S2/c1-4-11(19-10-7-5-6-9(2)8-10)12(18)15-13-16-17-14(20-3)21-13/h5-8,11H,4H2,1-3H3,(H,15,16,18)/t11-/m0/s1. The molecule has 112 valence electrons. The molecule has 0 saturated heterocycles. The smallest absolute Gasteiger partial charge is 0.267 e. The Hall–Kier alpha value is -1.60. The lowest BCUT2D eigenvalue weighted by Crippen LogP contribution is -2.32. The fourth-order valence-electron chi connectivity index (χ4n) is 1.70. The van der Waals surface area contributed by atoms with Gasteiger partial charge in [0.25, 0.3) is 5.91 Å². The van der Waals surface area contributed by atoms with Crippen molar-refractivity contribution in [3.8, 4) is 5.75 Å². The average Bonchev–Trinajstić information content (AvgIpc) is 2.92. The van der Waals surface area contributed by atoms with Crippen molar-refractivity contribution in [3.63, 3.8) is 0 Å². The SMILES string of the molecule is CC[C@H](Oc1cccc(C)c1)C(=O)Nc1nnc(SC)s1. The second kappa shape index (κ2) is 7.42. The third-order valence-electron chi connectivity index (χ3n) is 2.74. The first-order valence-corrected chi connectivity index (χ1v) is 8.58. The molecule has 0 fully saturated rings. The molecular formula is C14H17N3O2S2. The minimum absolute atomic E-state index is 0.206. The molecule has 2 aromatic rings. The average molecular weight is 323 g/mol. The van der Waals surface area contributed by atoms with Gasteiger partial charge in [-0.2, -0.15) is 0 Å². The second-order valence-corrected chi connectivity index (χ2v) is 6.43. The highest BCUT2D eigenvalue weighted by molar-refractivity contribution is 8.00. The predicted molar refractivity (Wildman–Crippen MR) is 86.2 cm³/mol. The Balaban J connectivity index is 2.01. The largest absolute Gasteiger partial charge is 0.481 e. The van der Waals surface area contributed by atoms with Crippen molar-refractivity contribution < 1.29 is 9.53 Å². The van der Waals surface area contributed by atoms with Gasteiger partial charge in [-0.05, 0) is 37.3 Å². The minimum Gasteiger partial charge on any atom is -0.481 e. The molecule has 0 aliphatic rings. The molecule has 1 N–H and O–H groups in total. The van der Waals surface area contributed by atoms with E-state index < -0.39 is 6.10 Å². The van der Waals surface area contributed by atoms with E-state index in [4.69, 9.17) is 4.74 Å². The number of carbonyl (C=O) groups excluding carboxylic acids is 1. The Morgan fingerprint density at radius 3 is 2.90 bits per heavy atom. The molecule has 0 aliphatic carbocycles. The van der Waals surface area contributed by atoms with Gasteiger partial charge in [0.15, 0.2) is 10.4 Å². The Bertz CT molecular complexity index is 616. The fraction of sp³-hybridized carbons (Fsp3) is 0.357. The maximum Gasteiger partial charge on any atom is 0.267 e. The molecule has 2 rings (SSSR count). The number of ether oxygens (including phenoxy) is 1. The van der Waals surface area contributed by atoms with Gasteiger partial charge >= 0.3 is 0 Å². The summed E-state index contributed by atoms with van der Waals surface area (Å²) in [5.74, 6) is 0.488. The number of hydrogen-bond acceptors (Lipinski definition) is 6. The van der Waals surface area contributed by atoms with Crippen LogP contribution >= 0.6 is 23.1 Å². The summed E-state index contributed by atoms with van der Waals surface area (Å²) in [6.45, 7) is 3.90. The number of benzene rings is 1. The molecule has 1 atom stereocenters. The number of nitrogens with one attached hydrogen (secondary N) is 1. The third kappa shape index (κ3) is 4.44. The van der Waals surface area contributed by atoms with Crippen molar-refractivity contribution in [2.45, 2.75) is 30.7 Å². The Morgan fingerprint density at radius 2 is 2.29 bits per heavy atom. The lowest BCUT2D eigenvalue weighted by molar-refractivity contribution is -0.122. The zero-order valence-corrected chi connectivity index (χ0v) is 13.8. The molecule has 0 aliphatic heterocycles. The lowest BCUT2D eigenvalue weighted by Gasteiger charge is -2.16. The molecular weight excluding hydrogens is 306 g/mol. The number of aromatic nitrogens is 2. The van der Waals surface area contributed by atoms with Crippen LogP contribution in [-0.4, -0.2) is 28.5 Å². The van der Waals surface area contributed by atoms with Crippen LogP contribution in [0.1, 0.15) is 18.9 Å². The van der Waals surface area contributed by atoms with E-state index in [2.05, 4.69) is 15.5 Å². The summed E-state index contributed by atoms with van der Waals surface area (Å²) in [6.07, 6.45) is 1.95. The summed E-state index contributed by atoms with van der Waals surface area (Å²) >= 11 is 2.85. The molecule has 0 bridgehead atoms. The van der Waals surface area contributed by atoms with Crippen LogP contribution in [0.5, 0.6) is 5.75 Å². The van der Waals surface area contributed by atoms with Gasteiger partial charge in [-0.3, -0.25) is 10.1 Å². The molecule has 1 aromatic heterocycles. The zero-order chi connectivity index (χ0) is 15.2. The number of hydrogen-bond donors (Lipinski definition) is 1. The van der Waals surface area contributed by atoms with Crippen molar-refractivity contribution in [2.24, 2.45) is 0 Å². The number of nitrogens with zero attached hydrogens (tertiary/aromatic N) is 2. The lowest BCUT2D eigenvalue weighted by atomic mass is 10.2. The molecule has 0 saturated carbocycles. The molecule has 7 heteroatoms. The van der Waals surface area contributed by atoms with Gasteiger partial charge in [-0.1, -0.05) is 42.2 Å². The summed E-state index contributed by atoms with van der Waals surface area (Å²) in [4.78, 5) is 12.2. The van der Waals surface area contributed by atoms with Gasteiger partial charge in [0.1, 0.15) is 5.75 Å². The maximum atomic E-state index is 12.2. The monoisotopic (exact) mass is 323 g/mol. The van der Waals surface area contributed by atoms with E-state index in [0.717, 1.165) is 9.90 Å². The zero-order valence-electron chi connectivity index (χ0n) is 12.1. The maximum absolute atomic E-state index is 12.2. The highest BCUT2D eigenvalue weighted by atomic mass is 32.2. The summed E-state index contributed by atoms with van der Waals surface area (Å²) < 4.78 is 6.57. The van der Waals surface area contributed by atoms with Gasteiger partial charge in [0.2, 0.25) is 5.13 Å². The molecule has 21 heavy (non-hydrogen) atoms. The highest BCUT2D eigenvalue weighted by Crippen LogP contribution is 2.23. The van der Waals surface area contributed by atoms with Crippen LogP contribution in [0, 0.1) is 6.92 Å². The topological polar surface area (TPSA) is 64.1 Å². The molecule has 1 aromatic carbocycles. The van der Waals surface area contributed by atoms with E-state index >= 15 is 0 Å². The number of carbonyl (C=O) groups is 1. The van der Waals surface area contributed by atoms with Gasteiger partial charge in [0, 0.05) is 0 Å². The summed E-state index contributed by atoms with van der Waals surface area (Å²) in [7, 11) is 0. The van der Waals surface area contributed by atoms with E-state index in [1.807, 2.05) is 44.4 Å². The van der Waals surface area contributed by atoms with Crippen LogP contribution in [0.3, 0.4) is 0 Å². The molecule has 0 spiro atoms. The normalized spacial score (nSPS) is 12.0. The quantitative estimate of drug-likeness (QED) is 0.652. The van der Waals surface area contributed by atoms with Crippen LogP contribution < -0.4 is 10.1 Å². The predicted octanol–water partition coefficient (Wildman–Crippen LogP) is 3.36. The molecule has 5 nitrogen and oxygen atoms in total.